The zero-order valence-corrected chi connectivity index (χ0v) is 26.8. The van der Waals surface area contributed by atoms with Crippen molar-refractivity contribution in [3.8, 4) is 0 Å². The van der Waals surface area contributed by atoms with Crippen LogP contribution in [0.4, 0.5) is 0 Å². The van der Waals surface area contributed by atoms with E-state index >= 15 is 0 Å². The summed E-state index contributed by atoms with van der Waals surface area (Å²) in [5.74, 6) is 3.70. The lowest BCUT2D eigenvalue weighted by molar-refractivity contribution is -0.116. The number of benzene rings is 1. The van der Waals surface area contributed by atoms with Crippen molar-refractivity contribution >= 4 is 38.2 Å². The molecule has 0 saturated heterocycles. The lowest BCUT2D eigenvalue weighted by Gasteiger charge is -2.38. The first kappa shape index (κ1) is 33.7. The van der Waals surface area contributed by atoms with E-state index in [-0.39, 0.29) is 5.91 Å². The average molecular weight is 578 g/mol. The maximum Gasteiger partial charge on any atom is 0.243 e. The Balaban J connectivity index is 0.00000118. The fourth-order valence-corrected chi connectivity index (χ4v) is 6.62. The number of carbonyl (C=O) groups excluding carboxylic acids is 1. The summed E-state index contributed by atoms with van der Waals surface area (Å²) in [4.78, 5) is 11.3. The molecular weight excluding hydrogens is 523 g/mol. The van der Waals surface area contributed by atoms with Crippen LogP contribution in [0.3, 0.4) is 0 Å². The maximum absolute atomic E-state index is 11.3. The molecule has 1 N–H and O–H groups in total. The quantitative estimate of drug-likeness (QED) is 0.0940. The van der Waals surface area contributed by atoms with Gasteiger partial charge in [-0.1, -0.05) is 124 Å². The van der Waals surface area contributed by atoms with Crippen LogP contribution >= 0.6 is 32.3 Å². The number of amides is 1. The summed E-state index contributed by atoms with van der Waals surface area (Å²) < 4.78 is 0. The van der Waals surface area contributed by atoms with E-state index < -0.39 is 0 Å². The van der Waals surface area contributed by atoms with Crippen LogP contribution in [-0.2, 0) is 11.2 Å². The molecule has 0 radical (unpaired) electrons. The molecule has 2 aliphatic rings. The van der Waals surface area contributed by atoms with Crippen LogP contribution in [0.15, 0.2) is 36.9 Å². The van der Waals surface area contributed by atoms with Crippen molar-refractivity contribution in [1.82, 2.24) is 5.32 Å². The Morgan fingerprint density at radius 3 is 2.03 bits per heavy atom. The van der Waals surface area contributed by atoms with E-state index in [4.69, 9.17) is 0 Å². The lowest BCUT2D eigenvalue weighted by Crippen LogP contribution is -2.25. The summed E-state index contributed by atoms with van der Waals surface area (Å²) in [5.41, 5.74) is 2.82. The summed E-state index contributed by atoms with van der Waals surface area (Å²) in [6.45, 7) is 6.48. The molecule has 0 spiro atoms. The van der Waals surface area contributed by atoms with Gasteiger partial charge in [0.25, 0.3) is 0 Å². The molecule has 2 aliphatic carbocycles. The van der Waals surface area contributed by atoms with Crippen molar-refractivity contribution in [2.45, 2.75) is 122 Å². The molecule has 0 bridgehead atoms. The van der Waals surface area contributed by atoms with Gasteiger partial charge in [0.1, 0.15) is 0 Å². The second kappa shape index (κ2) is 21.3. The fourth-order valence-electron chi connectivity index (χ4n) is 6.62. The van der Waals surface area contributed by atoms with Gasteiger partial charge >= 0.3 is 0 Å². The molecule has 0 atom stereocenters. The number of carbonyl (C=O) groups is 1. The van der Waals surface area contributed by atoms with Crippen molar-refractivity contribution in [2.75, 3.05) is 12.8 Å². The topological polar surface area (TPSA) is 29.1 Å². The summed E-state index contributed by atoms with van der Waals surface area (Å²) in [6.07, 6.45) is 27.5. The Kier molecular flexibility index (Phi) is 18.8. The van der Waals surface area contributed by atoms with E-state index in [1.807, 2.05) is 6.26 Å². The second-order valence-electron chi connectivity index (χ2n) is 11.5. The standard InChI is InChI=1S/C32H51NO.CH4S3/c1-3-5-6-7-8-9-10-11-26-12-16-28(17-13-26)30-20-22-31(23-21-30)29-18-14-27(15-19-29)24-25-33-32(34)4-2;1-3-4-2/h4,14-15,18-19,26,28,30-31H,2-3,5-13,16-17,20-25H2,1H3,(H,33,34);2H,1H3. The minimum absolute atomic E-state index is 0.0879. The van der Waals surface area contributed by atoms with Crippen molar-refractivity contribution < 1.29 is 4.79 Å². The number of thiol groups is 1. The molecule has 1 aromatic carbocycles. The minimum Gasteiger partial charge on any atom is -0.352 e. The Morgan fingerprint density at radius 1 is 0.921 bits per heavy atom. The molecule has 2 fully saturated rings. The molecule has 0 aliphatic heterocycles. The van der Waals surface area contributed by atoms with Gasteiger partial charge in [0.15, 0.2) is 0 Å². The molecule has 5 heteroatoms. The van der Waals surface area contributed by atoms with Crippen LogP contribution in [0.1, 0.15) is 127 Å². The molecule has 2 saturated carbocycles. The van der Waals surface area contributed by atoms with Gasteiger partial charge in [-0.2, -0.15) is 0 Å². The van der Waals surface area contributed by atoms with Crippen molar-refractivity contribution in [2.24, 2.45) is 17.8 Å². The van der Waals surface area contributed by atoms with E-state index in [9.17, 15) is 4.79 Å². The van der Waals surface area contributed by atoms with Crippen LogP contribution in [0.25, 0.3) is 0 Å². The summed E-state index contributed by atoms with van der Waals surface area (Å²) in [6, 6.07) is 9.19. The van der Waals surface area contributed by atoms with Crippen LogP contribution < -0.4 is 5.32 Å². The number of unbranched alkanes of at least 4 members (excludes halogenated alkanes) is 6. The second-order valence-corrected chi connectivity index (χ2v) is 14.8. The highest BCUT2D eigenvalue weighted by atomic mass is 33.5. The Hall–Kier alpha value is -0.520. The molecule has 1 amide bonds. The van der Waals surface area contributed by atoms with Gasteiger partial charge in [0.2, 0.25) is 5.91 Å². The molecular formula is C33H55NOS3. The number of hydrogen-bond donors (Lipinski definition) is 2. The zero-order valence-electron chi connectivity index (χ0n) is 24.3. The van der Waals surface area contributed by atoms with E-state index in [0.29, 0.717) is 6.54 Å². The van der Waals surface area contributed by atoms with Gasteiger partial charge in [-0.25, -0.2) is 0 Å². The predicted molar refractivity (Wildman–Crippen MR) is 176 cm³/mol. The normalized spacial score (nSPS) is 23.2. The van der Waals surface area contributed by atoms with Crippen LogP contribution in [0.2, 0.25) is 0 Å². The number of rotatable bonds is 15. The van der Waals surface area contributed by atoms with Crippen molar-refractivity contribution in [3.05, 3.63) is 48.0 Å². The van der Waals surface area contributed by atoms with E-state index in [1.54, 1.807) is 10.8 Å². The summed E-state index contributed by atoms with van der Waals surface area (Å²) in [7, 11) is 3.10. The van der Waals surface area contributed by atoms with Crippen molar-refractivity contribution in [3.63, 3.8) is 0 Å². The first-order valence-corrected chi connectivity index (χ1v) is 19.1. The highest BCUT2D eigenvalue weighted by Gasteiger charge is 2.31. The third kappa shape index (κ3) is 13.7. The van der Waals surface area contributed by atoms with Crippen LogP contribution in [-0.4, -0.2) is 18.7 Å². The van der Waals surface area contributed by atoms with Crippen LogP contribution in [0, 0.1) is 17.8 Å². The smallest absolute Gasteiger partial charge is 0.243 e. The molecule has 3 rings (SSSR count). The summed E-state index contributed by atoms with van der Waals surface area (Å²) in [5, 5.41) is 2.86. The third-order valence-electron chi connectivity index (χ3n) is 8.97. The number of hydrogen-bond acceptors (Lipinski definition) is 4. The minimum atomic E-state index is -0.0879. The SMILES string of the molecule is C=CC(=O)NCCc1ccc(C2CCC(C3CCC(CCCCCCCCC)CC3)CC2)cc1.CSSS. The average Bonchev–Trinajstić information content (AvgIpc) is 2.97. The largest absolute Gasteiger partial charge is 0.352 e. The van der Waals surface area contributed by atoms with Gasteiger partial charge < -0.3 is 5.32 Å². The van der Waals surface area contributed by atoms with E-state index in [0.717, 1.165) is 30.1 Å². The monoisotopic (exact) mass is 577 g/mol. The van der Waals surface area contributed by atoms with Gasteiger partial charge in [-0.15, -0.1) is 0 Å². The van der Waals surface area contributed by atoms with Gasteiger partial charge in [-0.3, -0.25) is 4.79 Å². The highest BCUT2D eigenvalue weighted by Crippen LogP contribution is 2.44. The van der Waals surface area contributed by atoms with Gasteiger partial charge in [0.05, 0.1) is 0 Å². The maximum atomic E-state index is 11.3. The first-order valence-electron chi connectivity index (χ1n) is 15.4. The van der Waals surface area contributed by atoms with Crippen molar-refractivity contribution in [1.29, 1.82) is 0 Å². The molecule has 38 heavy (non-hydrogen) atoms. The zero-order chi connectivity index (χ0) is 27.4. The molecule has 216 valence electrons. The molecule has 0 heterocycles. The van der Waals surface area contributed by atoms with E-state index in [1.165, 1.54) is 130 Å². The highest BCUT2D eigenvalue weighted by molar-refractivity contribution is 9.05. The van der Waals surface area contributed by atoms with E-state index in [2.05, 4.69) is 54.7 Å². The lowest BCUT2D eigenvalue weighted by atomic mass is 9.68. The Labute approximate surface area is 248 Å². The fraction of sp³-hybridized carbons (Fsp3) is 0.727. The molecule has 0 unspecified atom stereocenters. The molecule has 1 aromatic rings. The first-order chi connectivity index (χ1) is 18.6. The summed E-state index contributed by atoms with van der Waals surface area (Å²) >= 11 is 3.80. The van der Waals surface area contributed by atoms with Gasteiger partial charge in [-0.05, 0) is 102 Å². The molecule has 2 nitrogen and oxygen atoms in total. The Bertz CT molecular complexity index is 735. The Morgan fingerprint density at radius 2 is 1.47 bits per heavy atom. The van der Waals surface area contributed by atoms with Gasteiger partial charge in [0, 0.05) is 6.54 Å². The third-order valence-corrected chi connectivity index (χ3v) is 10.9. The number of nitrogens with one attached hydrogen (secondary N) is 1. The van der Waals surface area contributed by atoms with Crippen LogP contribution in [0.5, 0.6) is 0 Å². The predicted octanol–water partition coefficient (Wildman–Crippen LogP) is 10.6. The molecule has 0 aromatic heterocycles.